The van der Waals surface area contributed by atoms with E-state index in [1.807, 2.05) is 13.1 Å². The van der Waals surface area contributed by atoms with Gasteiger partial charge in [-0.25, -0.2) is 4.98 Å². The Kier molecular flexibility index (Phi) is 4.38. The summed E-state index contributed by atoms with van der Waals surface area (Å²) < 4.78 is 0. The van der Waals surface area contributed by atoms with Gasteiger partial charge in [0.25, 0.3) is 0 Å². The normalized spacial score (nSPS) is 12.6. The Morgan fingerprint density at radius 1 is 1.32 bits per heavy atom. The van der Waals surface area contributed by atoms with Crippen molar-refractivity contribution in [1.29, 1.82) is 0 Å². The number of anilines is 1. The molecule has 1 N–H and O–H groups in total. The maximum absolute atomic E-state index is 4.79. The largest absolute Gasteiger partial charge is 0.357 e. The number of benzene rings is 1. The summed E-state index contributed by atoms with van der Waals surface area (Å²) in [6, 6.07) is 11.0. The average molecular weight is 257 g/mol. The Morgan fingerprint density at radius 2 is 2.05 bits per heavy atom. The van der Waals surface area contributed by atoms with Crippen molar-refractivity contribution in [2.45, 2.75) is 32.9 Å². The van der Waals surface area contributed by atoms with Gasteiger partial charge in [0, 0.05) is 25.0 Å². The quantitative estimate of drug-likeness (QED) is 0.891. The number of hydrogen-bond donors (Lipinski definition) is 1. The number of rotatable bonds is 5. The summed E-state index contributed by atoms with van der Waals surface area (Å²) in [4.78, 5) is 7.04. The predicted molar refractivity (Wildman–Crippen MR) is 82.7 cm³/mol. The molecule has 3 nitrogen and oxygen atoms in total. The highest BCUT2D eigenvalue weighted by molar-refractivity contribution is 5.84. The van der Waals surface area contributed by atoms with E-state index in [1.54, 1.807) is 0 Å². The number of pyridine rings is 1. The summed E-state index contributed by atoms with van der Waals surface area (Å²) in [6.07, 6.45) is 1.12. The summed E-state index contributed by atoms with van der Waals surface area (Å²) in [5.41, 5.74) is 2.37. The minimum Gasteiger partial charge on any atom is -0.357 e. The molecule has 1 atom stereocenters. The second kappa shape index (κ2) is 6.02. The van der Waals surface area contributed by atoms with Crippen molar-refractivity contribution in [2.75, 3.05) is 19.0 Å². The van der Waals surface area contributed by atoms with Crippen LogP contribution in [0.4, 0.5) is 5.82 Å². The molecule has 0 aliphatic heterocycles. The molecule has 1 aromatic heterocycles. The van der Waals surface area contributed by atoms with Gasteiger partial charge in [0.2, 0.25) is 0 Å². The van der Waals surface area contributed by atoms with E-state index in [4.69, 9.17) is 4.98 Å². The molecule has 0 bridgehead atoms. The molecule has 3 heteroatoms. The first-order valence-corrected chi connectivity index (χ1v) is 6.93. The Bertz CT molecular complexity index is 551. The lowest BCUT2D eigenvalue weighted by Gasteiger charge is -2.26. The fourth-order valence-corrected chi connectivity index (χ4v) is 2.25. The highest BCUT2D eigenvalue weighted by Crippen LogP contribution is 2.23. The minimum atomic E-state index is 0.496. The van der Waals surface area contributed by atoms with Gasteiger partial charge in [-0.05, 0) is 38.1 Å². The summed E-state index contributed by atoms with van der Waals surface area (Å²) >= 11 is 0. The third-order valence-corrected chi connectivity index (χ3v) is 3.77. The Morgan fingerprint density at radius 3 is 2.74 bits per heavy atom. The minimum absolute atomic E-state index is 0.496. The van der Waals surface area contributed by atoms with Gasteiger partial charge < -0.3 is 10.2 Å². The van der Waals surface area contributed by atoms with Gasteiger partial charge in [-0.2, -0.15) is 0 Å². The van der Waals surface area contributed by atoms with Crippen LogP contribution in [-0.2, 0) is 6.54 Å². The second-order valence-corrected chi connectivity index (χ2v) is 5.06. The fourth-order valence-electron chi connectivity index (χ4n) is 2.25. The number of hydrogen-bond acceptors (Lipinski definition) is 3. The van der Waals surface area contributed by atoms with Crippen LogP contribution in [0.15, 0.2) is 30.3 Å². The van der Waals surface area contributed by atoms with Crippen LogP contribution >= 0.6 is 0 Å². The molecule has 0 saturated heterocycles. The van der Waals surface area contributed by atoms with Crippen LogP contribution < -0.4 is 10.2 Å². The number of aromatic nitrogens is 1. The number of nitrogens with zero attached hydrogens (tertiary/aromatic N) is 2. The van der Waals surface area contributed by atoms with Crippen LogP contribution in [-0.4, -0.2) is 25.1 Å². The van der Waals surface area contributed by atoms with E-state index >= 15 is 0 Å². The molecule has 2 rings (SSSR count). The molecule has 0 radical (unpaired) electrons. The monoisotopic (exact) mass is 257 g/mol. The molecule has 0 saturated carbocycles. The van der Waals surface area contributed by atoms with Gasteiger partial charge >= 0.3 is 0 Å². The smallest absolute Gasteiger partial charge is 0.129 e. The maximum atomic E-state index is 4.79. The molecule has 102 valence electrons. The topological polar surface area (TPSA) is 28.2 Å². The first-order valence-electron chi connectivity index (χ1n) is 6.93. The zero-order valence-corrected chi connectivity index (χ0v) is 12.3. The summed E-state index contributed by atoms with van der Waals surface area (Å²) in [5, 5.41) is 4.47. The Labute approximate surface area is 115 Å². The maximum Gasteiger partial charge on any atom is 0.129 e. The lowest BCUT2D eigenvalue weighted by molar-refractivity contribution is 0.657. The molecule has 1 heterocycles. The van der Waals surface area contributed by atoms with Gasteiger partial charge in [0.05, 0.1) is 5.52 Å². The van der Waals surface area contributed by atoms with Crippen molar-refractivity contribution in [3.63, 3.8) is 0 Å². The molecule has 0 amide bonds. The third-order valence-electron chi connectivity index (χ3n) is 3.77. The first kappa shape index (κ1) is 13.8. The van der Waals surface area contributed by atoms with E-state index in [0.29, 0.717) is 6.04 Å². The SMILES string of the molecule is CCC(C)N(C)c1cc(CNC)c2ccccc2n1. The zero-order chi connectivity index (χ0) is 13.8. The fraction of sp³-hybridized carbons (Fsp3) is 0.438. The van der Waals surface area contributed by atoms with E-state index in [0.717, 1.165) is 24.3 Å². The van der Waals surface area contributed by atoms with Crippen LogP contribution in [0.1, 0.15) is 25.8 Å². The lowest BCUT2D eigenvalue weighted by Crippen LogP contribution is -2.29. The Balaban J connectivity index is 2.51. The van der Waals surface area contributed by atoms with Crippen LogP contribution in [0, 0.1) is 0 Å². The van der Waals surface area contributed by atoms with Gasteiger partial charge in [0.15, 0.2) is 0 Å². The molecule has 2 aromatic rings. The van der Waals surface area contributed by atoms with Crippen molar-refractivity contribution < 1.29 is 0 Å². The van der Waals surface area contributed by atoms with Gasteiger partial charge in [-0.1, -0.05) is 25.1 Å². The molecule has 0 aliphatic rings. The van der Waals surface area contributed by atoms with Crippen molar-refractivity contribution in [2.24, 2.45) is 0 Å². The standard InChI is InChI=1S/C16H23N3/c1-5-12(2)19(4)16-10-13(11-17-3)14-8-6-7-9-15(14)18-16/h6-10,12,17H,5,11H2,1-4H3. The van der Waals surface area contributed by atoms with Crippen molar-refractivity contribution in [1.82, 2.24) is 10.3 Å². The van der Waals surface area contributed by atoms with Crippen molar-refractivity contribution in [3.05, 3.63) is 35.9 Å². The lowest BCUT2D eigenvalue weighted by atomic mass is 10.1. The number of para-hydroxylation sites is 1. The van der Waals surface area contributed by atoms with Crippen LogP contribution in [0.25, 0.3) is 10.9 Å². The van der Waals surface area contributed by atoms with E-state index < -0.39 is 0 Å². The number of nitrogens with one attached hydrogen (secondary N) is 1. The second-order valence-electron chi connectivity index (χ2n) is 5.06. The summed E-state index contributed by atoms with van der Waals surface area (Å²) in [5.74, 6) is 1.05. The summed E-state index contributed by atoms with van der Waals surface area (Å²) in [6.45, 7) is 5.30. The first-order chi connectivity index (χ1) is 9.17. The predicted octanol–water partition coefficient (Wildman–Crippen LogP) is 3.19. The molecule has 0 fully saturated rings. The third kappa shape index (κ3) is 2.87. The molecule has 19 heavy (non-hydrogen) atoms. The van der Waals surface area contributed by atoms with Gasteiger partial charge in [-0.15, -0.1) is 0 Å². The zero-order valence-electron chi connectivity index (χ0n) is 12.3. The van der Waals surface area contributed by atoms with Gasteiger partial charge in [-0.3, -0.25) is 0 Å². The van der Waals surface area contributed by atoms with Crippen molar-refractivity contribution in [3.8, 4) is 0 Å². The van der Waals surface area contributed by atoms with E-state index in [1.165, 1.54) is 10.9 Å². The van der Waals surface area contributed by atoms with Gasteiger partial charge in [0.1, 0.15) is 5.82 Å². The van der Waals surface area contributed by atoms with E-state index in [2.05, 4.69) is 55.4 Å². The molecule has 1 aromatic carbocycles. The van der Waals surface area contributed by atoms with Crippen molar-refractivity contribution >= 4 is 16.7 Å². The van der Waals surface area contributed by atoms with Crippen LogP contribution in [0.5, 0.6) is 0 Å². The van der Waals surface area contributed by atoms with E-state index in [9.17, 15) is 0 Å². The average Bonchev–Trinajstić information content (AvgIpc) is 2.45. The summed E-state index contributed by atoms with van der Waals surface area (Å²) in [7, 11) is 4.10. The number of fused-ring (bicyclic) bond motifs is 1. The molecule has 0 spiro atoms. The molecule has 0 aliphatic carbocycles. The molecular weight excluding hydrogens is 234 g/mol. The Hall–Kier alpha value is -1.61. The molecular formula is C16H23N3. The van der Waals surface area contributed by atoms with Crippen LogP contribution in [0.2, 0.25) is 0 Å². The highest BCUT2D eigenvalue weighted by atomic mass is 15.2. The molecule has 1 unspecified atom stereocenters. The van der Waals surface area contributed by atoms with Crippen LogP contribution in [0.3, 0.4) is 0 Å². The van der Waals surface area contributed by atoms with E-state index in [-0.39, 0.29) is 0 Å². The highest BCUT2D eigenvalue weighted by Gasteiger charge is 2.12.